The average Bonchev–Trinajstić information content (AvgIpc) is 3.49. The first kappa shape index (κ1) is 32.6. The number of hydrogen-bond acceptors (Lipinski definition) is 6. The highest BCUT2D eigenvalue weighted by atomic mass is 32.2. The van der Waals surface area contributed by atoms with Crippen LogP contribution in [0.2, 0.25) is 0 Å². The molecule has 5 rings (SSSR count). The number of benzene rings is 3. The van der Waals surface area contributed by atoms with Crippen LogP contribution in [0, 0.1) is 6.92 Å². The molecule has 1 aliphatic rings. The topological polar surface area (TPSA) is 67.6 Å². The summed E-state index contributed by atoms with van der Waals surface area (Å²) in [6.07, 6.45) is 0.0537. The van der Waals surface area contributed by atoms with Crippen LogP contribution >= 0.6 is 11.8 Å². The Morgan fingerprint density at radius 2 is 1.78 bits per heavy atom. The zero-order valence-electron chi connectivity index (χ0n) is 26.2. The van der Waals surface area contributed by atoms with Gasteiger partial charge in [0.05, 0.1) is 12.4 Å². The molecule has 4 aromatic rings. The summed E-state index contributed by atoms with van der Waals surface area (Å²) < 4.78 is 42.9. The zero-order chi connectivity index (χ0) is 32.2. The van der Waals surface area contributed by atoms with E-state index in [1.54, 1.807) is 0 Å². The van der Waals surface area contributed by atoms with Crippen molar-refractivity contribution in [2.75, 3.05) is 17.3 Å². The van der Waals surface area contributed by atoms with Gasteiger partial charge < -0.3 is 9.64 Å². The van der Waals surface area contributed by atoms with Gasteiger partial charge in [0.2, 0.25) is 0 Å². The Balaban J connectivity index is 1.26. The molecule has 1 unspecified atom stereocenters. The molecule has 1 aromatic heterocycles. The predicted molar refractivity (Wildman–Crippen MR) is 176 cm³/mol. The minimum atomic E-state index is -4.74. The number of rotatable bonds is 10. The van der Waals surface area contributed by atoms with Crippen molar-refractivity contribution >= 4 is 22.6 Å². The molecule has 1 aliphatic heterocycles. The quantitative estimate of drug-likeness (QED) is 0.189. The Bertz CT molecular complexity index is 1620. The van der Waals surface area contributed by atoms with E-state index in [0.717, 1.165) is 41.3 Å². The number of thioether (sulfide) groups is 1. The van der Waals surface area contributed by atoms with Crippen LogP contribution in [0.25, 0.3) is 17.1 Å². The normalized spacial score (nSPS) is 16.8. The fraction of sp³-hybridized carbons (Fsp3) is 0.382. The number of halogens is 3. The van der Waals surface area contributed by atoms with Crippen LogP contribution in [0.15, 0.2) is 78.0 Å². The minimum absolute atomic E-state index is 0.290. The number of alkyl halides is 3. The van der Waals surface area contributed by atoms with E-state index in [1.165, 1.54) is 52.1 Å². The Morgan fingerprint density at radius 1 is 1.04 bits per heavy atom. The largest absolute Gasteiger partial charge is 0.573 e. The molecule has 45 heavy (non-hydrogen) atoms. The van der Waals surface area contributed by atoms with E-state index < -0.39 is 6.36 Å². The third-order valence-electron chi connectivity index (χ3n) is 7.86. The molecule has 3 aromatic carbocycles. The van der Waals surface area contributed by atoms with Crippen LogP contribution in [0.5, 0.6) is 5.75 Å². The summed E-state index contributed by atoms with van der Waals surface area (Å²) in [7, 11) is 0. The maximum atomic E-state index is 12.5. The number of nitrogens with one attached hydrogen (secondary N) is 1. The maximum absolute atomic E-state index is 12.5. The van der Waals surface area contributed by atoms with Gasteiger partial charge in [0.15, 0.2) is 11.0 Å². The maximum Gasteiger partial charge on any atom is 0.573 e. The van der Waals surface area contributed by atoms with E-state index in [9.17, 15) is 13.2 Å². The number of aryl methyl sites for hydroxylation is 2. The highest BCUT2D eigenvalue weighted by Gasteiger charge is 2.31. The molecule has 11 heteroatoms. The van der Waals surface area contributed by atoms with Crippen LogP contribution in [-0.4, -0.2) is 44.8 Å². The molecule has 0 bridgehead atoms. The molecule has 2 heterocycles. The van der Waals surface area contributed by atoms with Crippen LogP contribution in [0.4, 0.5) is 18.9 Å². The third kappa shape index (κ3) is 8.07. The Morgan fingerprint density at radius 3 is 2.47 bits per heavy atom. The number of ether oxygens (including phenoxy) is 1. The Hall–Kier alpha value is -3.83. The number of amidine groups is 1. The third-order valence-corrected chi connectivity index (χ3v) is 8.88. The number of aliphatic imine (C=N–C) groups is 1. The number of hydrogen-bond donors (Lipinski definition) is 1. The van der Waals surface area contributed by atoms with E-state index in [4.69, 9.17) is 4.99 Å². The van der Waals surface area contributed by atoms with Gasteiger partial charge in [-0.3, -0.25) is 5.32 Å². The SMILES string of the molecule is CCCc1ccc(C)cc1N1C(=NCNC(C)(C)c2ccc(-c3ncn(-c4ccc(OC(F)(F)F)cc4)n3)cc2)SCCC1C. The Kier molecular flexibility index (Phi) is 9.88. The van der Waals surface area contributed by atoms with Gasteiger partial charge in [-0.15, -0.1) is 18.3 Å². The molecule has 0 spiro atoms. The van der Waals surface area contributed by atoms with Gasteiger partial charge in [0, 0.05) is 28.6 Å². The highest BCUT2D eigenvalue weighted by molar-refractivity contribution is 8.14. The minimum Gasteiger partial charge on any atom is -0.406 e. The van der Waals surface area contributed by atoms with Gasteiger partial charge in [0.25, 0.3) is 0 Å². The van der Waals surface area contributed by atoms with E-state index in [-0.39, 0.29) is 11.3 Å². The summed E-state index contributed by atoms with van der Waals surface area (Å²) in [5.41, 5.74) is 6.04. The lowest BCUT2D eigenvalue weighted by molar-refractivity contribution is -0.274. The van der Waals surface area contributed by atoms with Crippen molar-refractivity contribution in [1.82, 2.24) is 20.1 Å². The van der Waals surface area contributed by atoms with Crippen molar-refractivity contribution in [3.63, 3.8) is 0 Å². The molecule has 7 nitrogen and oxygen atoms in total. The van der Waals surface area contributed by atoms with Gasteiger partial charge in [-0.25, -0.2) is 14.7 Å². The van der Waals surface area contributed by atoms with Gasteiger partial charge in [-0.2, -0.15) is 0 Å². The second-order valence-electron chi connectivity index (χ2n) is 11.8. The smallest absolute Gasteiger partial charge is 0.406 e. The first-order valence-corrected chi connectivity index (χ1v) is 16.1. The van der Waals surface area contributed by atoms with Crippen molar-refractivity contribution in [2.24, 2.45) is 4.99 Å². The molecule has 1 fully saturated rings. The van der Waals surface area contributed by atoms with Crippen molar-refractivity contribution < 1.29 is 17.9 Å². The predicted octanol–water partition coefficient (Wildman–Crippen LogP) is 8.26. The summed E-state index contributed by atoms with van der Waals surface area (Å²) in [6.45, 7) is 11.4. The summed E-state index contributed by atoms with van der Waals surface area (Å²) in [6, 6.07) is 20.7. The van der Waals surface area contributed by atoms with Gasteiger partial charge in [-0.1, -0.05) is 61.5 Å². The van der Waals surface area contributed by atoms with Crippen molar-refractivity contribution in [1.29, 1.82) is 0 Å². The lowest BCUT2D eigenvalue weighted by Crippen LogP contribution is -2.43. The van der Waals surface area contributed by atoms with Crippen molar-refractivity contribution in [3.8, 4) is 22.8 Å². The molecule has 238 valence electrons. The van der Waals surface area contributed by atoms with Crippen molar-refractivity contribution in [2.45, 2.75) is 71.8 Å². The molecule has 0 amide bonds. The number of anilines is 1. The van der Waals surface area contributed by atoms with Crippen LogP contribution in [-0.2, 0) is 12.0 Å². The standard InChI is InChI=1S/C34H39F3N6OS/c1-6-7-25-9-8-23(2)20-30(25)43-24(3)18-19-45-32(43)38-21-40-33(4,5)27-12-10-26(11-13-27)31-39-22-42(41-31)28-14-16-29(17-15-28)44-34(35,36)37/h8-17,20,22,24,40H,6-7,18-19,21H2,1-5H3. The van der Waals surface area contributed by atoms with Crippen LogP contribution < -0.4 is 15.0 Å². The van der Waals surface area contributed by atoms with E-state index in [1.807, 2.05) is 36.0 Å². The molecule has 1 atom stereocenters. The van der Waals surface area contributed by atoms with Crippen molar-refractivity contribution in [3.05, 3.63) is 89.7 Å². The lowest BCUT2D eigenvalue weighted by atomic mass is 9.93. The summed E-state index contributed by atoms with van der Waals surface area (Å²) in [4.78, 5) is 11.9. The lowest BCUT2D eigenvalue weighted by Gasteiger charge is -2.37. The van der Waals surface area contributed by atoms with E-state index in [2.05, 4.69) is 77.9 Å². The van der Waals surface area contributed by atoms with Gasteiger partial charge in [-0.05, 0) is 87.6 Å². The van der Waals surface area contributed by atoms with Gasteiger partial charge in [0.1, 0.15) is 12.1 Å². The average molecular weight is 637 g/mol. The second kappa shape index (κ2) is 13.7. The van der Waals surface area contributed by atoms with E-state index >= 15 is 0 Å². The number of aromatic nitrogens is 3. The van der Waals surface area contributed by atoms with E-state index in [0.29, 0.717) is 24.2 Å². The van der Waals surface area contributed by atoms with Gasteiger partial charge >= 0.3 is 6.36 Å². The molecule has 0 saturated carbocycles. The Labute approximate surface area is 266 Å². The first-order valence-electron chi connectivity index (χ1n) is 15.1. The fourth-order valence-electron chi connectivity index (χ4n) is 5.31. The highest BCUT2D eigenvalue weighted by Crippen LogP contribution is 2.33. The molecule has 1 N–H and O–H groups in total. The molecule has 1 saturated heterocycles. The zero-order valence-corrected chi connectivity index (χ0v) is 27.0. The first-order chi connectivity index (χ1) is 21.4. The summed E-state index contributed by atoms with van der Waals surface area (Å²) >= 11 is 1.82. The van der Waals surface area contributed by atoms with Crippen LogP contribution in [0.3, 0.4) is 0 Å². The molecular formula is C34H39F3N6OS. The fourth-order valence-corrected chi connectivity index (χ4v) is 6.53. The summed E-state index contributed by atoms with van der Waals surface area (Å²) in [5.74, 6) is 1.27. The molecule has 0 aliphatic carbocycles. The summed E-state index contributed by atoms with van der Waals surface area (Å²) in [5, 5.41) is 9.19. The monoisotopic (exact) mass is 636 g/mol. The second-order valence-corrected chi connectivity index (χ2v) is 12.8. The molecular weight excluding hydrogens is 597 g/mol. The molecule has 0 radical (unpaired) electrons. The van der Waals surface area contributed by atoms with Crippen LogP contribution in [0.1, 0.15) is 57.2 Å². The number of nitrogens with zero attached hydrogens (tertiary/aromatic N) is 5.